The quantitative estimate of drug-likeness (QED) is 0.0248. The summed E-state index contributed by atoms with van der Waals surface area (Å²) in [6, 6.07) is 0. The van der Waals surface area contributed by atoms with Gasteiger partial charge in [0.25, 0.3) is 0 Å². The molecule has 0 spiro atoms. The monoisotopic (exact) mass is 719 g/mol. The van der Waals surface area contributed by atoms with E-state index in [-0.39, 0.29) is 17.4 Å². The summed E-state index contributed by atoms with van der Waals surface area (Å²) in [4.78, 5) is 23.8. The molecule has 3 saturated carbocycles. The maximum absolute atomic E-state index is 12.4. The Morgan fingerprint density at radius 2 is 1.78 bits per heavy atom. The lowest BCUT2D eigenvalue weighted by Gasteiger charge is -2.64. The summed E-state index contributed by atoms with van der Waals surface area (Å²) >= 11 is 4.40. The van der Waals surface area contributed by atoms with Gasteiger partial charge in [0.15, 0.2) is 0 Å². The number of amides is 1. The van der Waals surface area contributed by atoms with E-state index in [0.29, 0.717) is 30.3 Å². The van der Waals surface area contributed by atoms with Gasteiger partial charge in [-0.15, -0.1) is 0 Å². The van der Waals surface area contributed by atoms with Crippen molar-refractivity contribution < 1.29 is 29.7 Å². The molecule has 1 amide bonds. The average molecular weight is 720 g/mol. The Kier molecular flexibility index (Phi) is 13.5. The number of carbonyl (C=O) groups is 1. The lowest BCUT2D eigenvalue weighted by molar-refractivity contribution is -0.301. The van der Waals surface area contributed by atoms with Gasteiger partial charge in [-0.25, -0.2) is 5.06 Å². The lowest BCUT2D eigenvalue weighted by atomic mass is 9.43. The highest BCUT2D eigenvalue weighted by molar-refractivity contribution is 7.81. The normalized spacial score (nSPS) is 42.1. The first-order chi connectivity index (χ1) is 23.8. The van der Waals surface area contributed by atoms with E-state index in [1.165, 1.54) is 51.4 Å². The Hall–Kier alpha value is -1.17. The Balaban J connectivity index is 1.15. The standard InChI is InChI=1S/C40H69N3O6S/c1-26(2)11-10-12-27(3)29-13-14-30-28-15-20-40(18-7-6-17-39(40,5)31(28)16-19-38(29,30)4)49-43(25-45)22-9-8-21-42-34(41)23-32-37(50)36(47)35(46)33(24-44)48-32/h6-7,25-33,35-37,44,46-47,50H,8-24H2,1-5H3,(H2,41,42)/t27-,28?,29-,30?,31?,32?,33-,35+,36+,37+,38-,39-,40?/m1/s1. The van der Waals surface area contributed by atoms with Crippen LogP contribution >= 0.6 is 12.6 Å². The van der Waals surface area contributed by atoms with Gasteiger partial charge in [-0.3, -0.25) is 14.6 Å². The molecule has 5 unspecified atom stereocenters. The molecule has 5 aliphatic rings. The fraction of sp³-hybridized carbons (Fsp3) is 0.900. The molecule has 1 heterocycles. The first kappa shape index (κ1) is 40.0. The topological polar surface area (TPSA) is 138 Å². The zero-order valence-corrected chi connectivity index (χ0v) is 32.5. The summed E-state index contributed by atoms with van der Waals surface area (Å²) < 4.78 is 5.73. The summed E-state index contributed by atoms with van der Waals surface area (Å²) in [5.74, 6) is 4.96. The van der Waals surface area contributed by atoms with E-state index in [1.807, 2.05) is 0 Å². The van der Waals surface area contributed by atoms with Crippen LogP contribution in [0.15, 0.2) is 17.1 Å². The number of nitrogens with two attached hydrogens (primary N) is 1. The molecule has 0 bridgehead atoms. The van der Waals surface area contributed by atoms with Gasteiger partial charge in [-0.05, 0) is 105 Å². The zero-order valence-electron chi connectivity index (χ0n) is 31.6. The lowest BCUT2D eigenvalue weighted by Crippen LogP contribution is -2.63. The van der Waals surface area contributed by atoms with Crippen LogP contribution in [-0.2, 0) is 14.4 Å². The number of nitrogens with zero attached hydrogens (tertiary/aromatic N) is 2. The molecule has 10 heteroatoms. The van der Waals surface area contributed by atoms with E-state index in [9.17, 15) is 20.1 Å². The Morgan fingerprint density at radius 1 is 1.02 bits per heavy atom. The van der Waals surface area contributed by atoms with Crippen LogP contribution in [0.5, 0.6) is 0 Å². The maximum Gasteiger partial charge on any atom is 0.233 e. The van der Waals surface area contributed by atoms with Gasteiger partial charge in [0, 0.05) is 24.9 Å². The first-order valence-corrected chi connectivity index (χ1v) is 20.5. The van der Waals surface area contributed by atoms with Gasteiger partial charge in [0.2, 0.25) is 6.41 Å². The number of ether oxygens (including phenoxy) is 1. The van der Waals surface area contributed by atoms with Gasteiger partial charge in [-0.2, -0.15) is 12.6 Å². The van der Waals surface area contributed by atoms with Crippen molar-refractivity contribution in [3.63, 3.8) is 0 Å². The number of thiol groups is 1. The SMILES string of the molecule is CC(C)CCC[C@@H](C)[C@H]1CCC2C3CCC4(ON(C=O)CCCCN=C(N)CC5O[C@H](CO)[C@H](O)[C@H](O)[C@H]5S)CC=CC[C@]4(C)C3CC[C@@]21C. The summed E-state index contributed by atoms with van der Waals surface area (Å²) in [7, 11) is 0. The van der Waals surface area contributed by atoms with Crippen molar-refractivity contribution in [2.75, 3.05) is 19.7 Å². The summed E-state index contributed by atoms with van der Waals surface area (Å²) in [5, 5.41) is 30.8. The smallest absolute Gasteiger partial charge is 0.233 e. The van der Waals surface area contributed by atoms with Crippen molar-refractivity contribution in [1.82, 2.24) is 5.06 Å². The number of rotatable bonds is 16. The molecule has 1 aliphatic heterocycles. The molecule has 9 nitrogen and oxygen atoms in total. The molecule has 286 valence electrons. The maximum atomic E-state index is 12.4. The van der Waals surface area contributed by atoms with E-state index in [0.717, 1.165) is 68.1 Å². The van der Waals surface area contributed by atoms with Crippen LogP contribution < -0.4 is 5.73 Å². The van der Waals surface area contributed by atoms with Crippen LogP contribution in [0.4, 0.5) is 0 Å². The third-order valence-corrected chi connectivity index (χ3v) is 15.1. The van der Waals surface area contributed by atoms with Gasteiger partial charge < -0.3 is 25.8 Å². The highest BCUT2D eigenvalue weighted by Crippen LogP contribution is 2.69. The van der Waals surface area contributed by atoms with Crippen LogP contribution in [0.1, 0.15) is 125 Å². The fourth-order valence-electron chi connectivity index (χ4n) is 11.6. The van der Waals surface area contributed by atoms with E-state index < -0.39 is 36.3 Å². The van der Waals surface area contributed by atoms with Crippen molar-refractivity contribution in [1.29, 1.82) is 0 Å². The van der Waals surface area contributed by atoms with E-state index in [4.69, 9.17) is 15.3 Å². The molecular formula is C40H69N3O6S. The average Bonchev–Trinajstić information content (AvgIpc) is 3.45. The van der Waals surface area contributed by atoms with Crippen molar-refractivity contribution in [2.24, 2.45) is 57.1 Å². The molecule has 50 heavy (non-hydrogen) atoms. The number of aliphatic hydroxyl groups excluding tert-OH is 3. The van der Waals surface area contributed by atoms with E-state index >= 15 is 0 Å². The molecule has 0 radical (unpaired) electrons. The second-order valence-electron chi connectivity index (χ2n) is 17.7. The van der Waals surface area contributed by atoms with E-state index in [2.05, 4.69) is 64.4 Å². The van der Waals surface area contributed by atoms with Crippen LogP contribution in [0, 0.1) is 46.3 Å². The number of hydrogen-bond acceptors (Lipinski definition) is 8. The number of aliphatic imine (C=N–C) groups is 1. The summed E-state index contributed by atoms with van der Waals surface area (Å²) in [6.07, 6.45) is 16.9. The highest BCUT2D eigenvalue weighted by Gasteiger charge is 2.65. The largest absolute Gasteiger partial charge is 0.394 e. The van der Waals surface area contributed by atoms with Gasteiger partial charge in [0.05, 0.1) is 29.9 Å². The molecule has 0 aromatic heterocycles. The highest BCUT2D eigenvalue weighted by atomic mass is 32.1. The molecule has 4 fully saturated rings. The van der Waals surface area contributed by atoms with Crippen molar-refractivity contribution in [3.8, 4) is 0 Å². The second-order valence-corrected chi connectivity index (χ2v) is 18.3. The first-order valence-electron chi connectivity index (χ1n) is 20.0. The number of amidine groups is 1. The minimum atomic E-state index is -1.20. The number of aliphatic hydroxyl groups is 3. The number of hydroxylamine groups is 2. The van der Waals surface area contributed by atoms with Crippen LogP contribution in [0.25, 0.3) is 0 Å². The summed E-state index contributed by atoms with van der Waals surface area (Å²) in [6.45, 7) is 13.0. The molecule has 1 saturated heterocycles. The van der Waals surface area contributed by atoms with Crippen molar-refractivity contribution in [3.05, 3.63) is 12.2 Å². The van der Waals surface area contributed by atoms with Crippen molar-refractivity contribution >= 4 is 24.9 Å². The predicted octanol–water partition coefficient (Wildman–Crippen LogP) is 6.09. The third kappa shape index (κ3) is 8.01. The third-order valence-electron chi connectivity index (χ3n) is 14.4. The van der Waals surface area contributed by atoms with E-state index in [1.54, 1.807) is 5.06 Å². The molecule has 5 N–H and O–H groups in total. The Morgan fingerprint density at radius 3 is 2.50 bits per heavy atom. The number of allylic oxidation sites excluding steroid dienone is 1. The molecule has 13 atom stereocenters. The molecule has 0 aromatic rings. The second kappa shape index (κ2) is 16.9. The minimum Gasteiger partial charge on any atom is -0.394 e. The number of fused-ring (bicyclic) bond motifs is 5. The molecule has 0 aromatic carbocycles. The Labute approximate surface area is 307 Å². The van der Waals surface area contributed by atoms with Crippen molar-refractivity contribution in [2.45, 2.75) is 160 Å². The van der Waals surface area contributed by atoms with Gasteiger partial charge >= 0.3 is 0 Å². The Bertz CT molecular complexity index is 1190. The fourth-order valence-corrected chi connectivity index (χ4v) is 11.9. The summed E-state index contributed by atoms with van der Waals surface area (Å²) in [5.41, 5.74) is 6.27. The van der Waals surface area contributed by atoms with Crippen LogP contribution in [0.3, 0.4) is 0 Å². The minimum absolute atomic E-state index is 0.00232. The number of carbonyl (C=O) groups excluding carboxylic acids is 1. The van der Waals surface area contributed by atoms with Gasteiger partial charge in [-0.1, -0.05) is 66.0 Å². The van der Waals surface area contributed by atoms with Crippen LogP contribution in [-0.4, -0.2) is 87.6 Å². The predicted molar refractivity (Wildman–Crippen MR) is 202 cm³/mol. The molecule has 4 aliphatic carbocycles. The number of hydrogen-bond donors (Lipinski definition) is 5. The zero-order chi connectivity index (χ0) is 36.3. The number of unbranched alkanes of at least 4 members (excludes halogenated alkanes) is 1. The molecule has 5 rings (SSSR count). The van der Waals surface area contributed by atoms with Crippen LogP contribution in [0.2, 0.25) is 0 Å². The molecular weight excluding hydrogens is 651 g/mol. The van der Waals surface area contributed by atoms with Gasteiger partial charge in [0.1, 0.15) is 17.8 Å².